The molecular formula is C15H17F3N2O4S. The highest BCUT2D eigenvalue weighted by atomic mass is 32.2. The molecule has 0 bridgehead atoms. The standard InChI is InChI=1S/C15H17F3N2O4S/c1-14(2)20(8-12(24-14)9-23-25(3,21)22)11-5-4-10(7-19)13(6-11)15(16,17)18/h4-6,12H,8-9H2,1-3H3. The zero-order chi connectivity index (χ0) is 19.0. The second-order valence-electron chi connectivity index (χ2n) is 6.13. The molecule has 138 valence electrons. The van der Waals surface area contributed by atoms with Crippen LogP contribution < -0.4 is 4.90 Å². The molecule has 0 N–H and O–H groups in total. The Bertz CT molecular complexity index is 800. The molecule has 10 heteroatoms. The summed E-state index contributed by atoms with van der Waals surface area (Å²) in [6.45, 7) is 3.21. The molecule has 1 aliphatic heterocycles. The largest absolute Gasteiger partial charge is 0.417 e. The van der Waals surface area contributed by atoms with Gasteiger partial charge in [-0.05, 0) is 32.0 Å². The van der Waals surface area contributed by atoms with E-state index in [1.807, 2.05) is 0 Å². The van der Waals surface area contributed by atoms with Crippen LogP contribution in [-0.4, -0.2) is 39.7 Å². The highest BCUT2D eigenvalue weighted by Gasteiger charge is 2.41. The fraction of sp³-hybridized carbons (Fsp3) is 0.533. The Hall–Kier alpha value is -1.83. The molecule has 1 aromatic rings. The van der Waals surface area contributed by atoms with Crippen LogP contribution in [0.5, 0.6) is 0 Å². The second-order valence-corrected chi connectivity index (χ2v) is 7.77. The van der Waals surface area contributed by atoms with E-state index < -0.39 is 39.3 Å². The lowest BCUT2D eigenvalue weighted by Gasteiger charge is -2.32. The quantitative estimate of drug-likeness (QED) is 0.749. The van der Waals surface area contributed by atoms with Crippen molar-refractivity contribution in [2.45, 2.75) is 31.9 Å². The summed E-state index contributed by atoms with van der Waals surface area (Å²) < 4.78 is 72.0. The van der Waals surface area contributed by atoms with Gasteiger partial charge in [-0.3, -0.25) is 4.18 Å². The van der Waals surface area contributed by atoms with Crippen LogP contribution in [0.1, 0.15) is 25.0 Å². The zero-order valence-electron chi connectivity index (χ0n) is 13.8. The molecule has 1 aliphatic rings. The third-order valence-electron chi connectivity index (χ3n) is 3.70. The Morgan fingerprint density at radius 3 is 2.60 bits per heavy atom. The Morgan fingerprint density at radius 2 is 2.08 bits per heavy atom. The molecular weight excluding hydrogens is 361 g/mol. The molecule has 1 heterocycles. The van der Waals surface area contributed by atoms with Crippen molar-refractivity contribution in [1.29, 1.82) is 5.26 Å². The number of ether oxygens (including phenoxy) is 1. The van der Waals surface area contributed by atoms with E-state index in [9.17, 15) is 21.6 Å². The highest BCUT2D eigenvalue weighted by molar-refractivity contribution is 7.85. The van der Waals surface area contributed by atoms with Gasteiger partial charge in [0, 0.05) is 12.2 Å². The molecule has 0 saturated carbocycles. The molecule has 0 amide bonds. The summed E-state index contributed by atoms with van der Waals surface area (Å²) in [6.07, 6.45) is -4.39. The first-order chi connectivity index (χ1) is 11.3. The normalized spacial score (nSPS) is 20.5. The van der Waals surface area contributed by atoms with Crippen molar-refractivity contribution in [2.24, 2.45) is 0 Å². The summed E-state index contributed by atoms with van der Waals surface area (Å²) in [6, 6.07) is 4.93. The van der Waals surface area contributed by atoms with E-state index in [1.54, 1.807) is 18.7 Å². The fourth-order valence-corrected chi connectivity index (χ4v) is 3.07. The van der Waals surface area contributed by atoms with Gasteiger partial charge in [0.25, 0.3) is 10.1 Å². The molecule has 1 unspecified atom stereocenters. The predicted octanol–water partition coefficient (Wildman–Crippen LogP) is 2.49. The first-order valence-corrected chi connectivity index (χ1v) is 9.06. The van der Waals surface area contributed by atoms with Gasteiger partial charge in [0.2, 0.25) is 0 Å². The first-order valence-electron chi connectivity index (χ1n) is 7.25. The van der Waals surface area contributed by atoms with Crippen molar-refractivity contribution in [2.75, 3.05) is 24.3 Å². The second kappa shape index (κ2) is 6.48. The Labute approximate surface area is 143 Å². The average molecular weight is 378 g/mol. The Balaban J connectivity index is 2.30. The lowest BCUT2D eigenvalue weighted by atomic mass is 10.1. The topological polar surface area (TPSA) is 79.6 Å². The van der Waals surface area contributed by atoms with Gasteiger partial charge < -0.3 is 9.64 Å². The van der Waals surface area contributed by atoms with Crippen LogP contribution in [0, 0.1) is 11.3 Å². The summed E-state index contributed by atoms with van der Waals surface area (Å²) >= 11 is 0. The Kier molecular flexibility index (Phi) is 5.05. The summed E-state index contributed by atoms with van der Waals surface area (Å²) in [4.78, 5) is 1.57. The molecule has 0 aromatic heterocycles. The molecule has 0 spiro atoms. The van der Waals surface area contributed by atoms with Gasteiger partial charge >= 0.3 is 6.18 Å². The maximum absolute atomic E-state index is 13.1. The van der Waals surface area contributed by atoms with Crippen molar-refractivity contribution in [3.63, 3.8) is 0 Å². The number of nitrogens with zero attached hydrogens (tertiary/aromatic N) is 2. The van der Waals surface area contributed by atoms with Crippen molar-refractivity contribution < 1.29 is 30.5 Å². The van der Waals surface area contributed by atoms with Gasteiger partial charge in [-0.15, -0.1) is 0 Å². The van der Waals surface area contributed by atoms with Gasteiger partial charge in [-0.25, -0.2) is 0 Å². The van der Waals surface area contributed by atoms with Gasteiger partial charge in [0.05, 0.1) is 30.1 Å². The van der Waals surface area contributed by atoms with Gasteiger partial charge in [-0.1, -0.05) is 0 Å². The van der Waals surface area contributed by atoms with Gasteiger partial charge in [0.15, 0.2) is 0 Å². The number of halogens is 3. The van der Waals surface area contributed by atoms with E-state index >= 15 is 0 Å². The number of alkyl halides is 3. The van der Waals surface area contributed by atoms with Crippen LogP contribution in [0.2, 0.25) is 0 Å². The third-order valence-corrected chi connectivity index (χ3v) is 4.26. The molecule has 0 aliphatic carbocycles. The maximum atomic E-state index is 13.1. The lowest BCUT2D eigenvalue weighted by Crippen LogP contribution is -2.39. The summed E-state index contributed by atoms with van der Waals surface area (Å²) in [7, 11) is -3.65. The van der Waals surface area contributed by atoms with E-state index in [0.717, 1.165) is 18.4 Å². The number of nitriles is 1. The fourth-order valence-electron chi connectivity index (χ4n) is 2.67. The third kappa shape index (κ3) is 4.62. The summed E-state index contributed by atoms with van der Waals surface area (Å²) in [5.41, 5.74) is -2.24. The van der Waals surface area contributed by atoms with E-state index in [2.05, 4.69) is 0 Å². The Morgan fingerprint density at radius 1 is 1.44 bits per heavy atom. The summed E-state index contributed by atoms with van der Waals surface area (Å²) in [5, 5.41) is 8.87. The zero-order valence-corrected chi connectivity index (χ0v) is 14.6. The minimum absolute atomic E-state index is 0.145. The summed E-state index contributed by atoms with van der Waals surface area (Å²) in [5.74, 6) is 0. The number of hydrogen-bond acceptors (Lipinski definition) is 6. The van der Waals surface area contributed by atoms with Crippen molar-refractivity contribution in [3.05, 3.63) is 29.3 Å². The van der Waals surface area contributed by atoms with E-state index in [0.29, 0.717) is 0 Å². The van der Waals surface area contributed by atoms with Crippen molar-refractivity contribution in [3.8, 4) is 6.07 Å². The smallest absolute Gasteiger partial charge is 0.349 e. The van der Waals surface area contributed by atoms with Crippen LogP contribution in [0.15, 0.2) is 18.2 Å². The van der Waals surface area contributed by atoms with Crippen LogP contribution in [0.3, 0.4) is 0 Å². The number of hydrogen-bond donors (Lipinski definition) is 0. The average Bonchev–Trinajstić information content (AvgIpc) is 2.78. The molecule has 1 saturated heterocycles. The molecule has 0 radical (unpaired) electrons. The molecule has 6 nitrogen and oxygen atoms in total. The minimum Gasteiger partial charge on any atom is -0.349 e. The molecule has 2 rings (SSSR count). The van der Waals surface area contributed by atoms with Crippen LogP contribution >= 0.6 is 0 Å². The molecule has 1 fully saturated rings. The van der Waals surface area contributed by atoms with Gasteiger partial charge in [0.1, 0.15) is 11.8 Å². The highest BCUT2D eigenvalue weighted by Crippen LogP contribution is 2.38. The SMILES string of the molecule is CC1(C)OC(COS(C)(=O)=O)CN1c1ccc(C#N)c(C(F)(F)F)c1. The van der Waals surface area contributed by atoms with Gasteiger partial charge in [-0.2, -0.15) is 26.9 Å². The van der Waals surface area contributed by atoms with Crippen LogP contribution in [-0.2, 0) is 25.2 Å². The number of benzene rings is 1. The van der Waals surface area contributed by atoms with Crippen LogP contribution in [0.25, 0.3) is 0 Å². The number of rotatable bonds is 4. The molecule has 25 heavy (non-hydrogen) atoms. The van der Waals surface area contributed by atoms with E-state index in [1.165, 1.54) is 12.1 Å². The first kappa shape index (κ1) is 19.5. The van der Waals surface area contributed by atoms with Crippen LogP contribution in [0.4, 0.5) is 18.9 Å². The molecule has 1 aromatic carbocycles. The lowest BCUT2D eigenvalue weighted by molar-refractivity contribution is -0.137. The predicted molar refractivity (Wildman–Crippen MR) is 83.3 cm³/mol. The van der Waals surface area contributed by atoms with Crippen molar-refractivity contribution in [1.82, 2.24) is 0 Å². The minimum atomic E-state index is -4.66. The monoisotopic (exact) mass is 378 g/mol. The maximum Gasteiger partial charge on any atom is 0.417 e. The van der Waals surface area contributed by atoms with E-state index in [-0.39, 0.29) is 18.8 Å². The number of anilines is 1. The van der Waals surface area contributed by atoms with E-state index in [4.69, 9.17) is 14.2 Å². The van der Waals surface area contributed by atoms with Crippen molar-refractivity contribution >= 4 is 15.8 Å². The molecule has 1 atom stereocenters.